The Morgan fingerprint density at radius 2 is 2.21 bits per heavy atom. The second-order valence-corrected chi connectivity index (χ2v) is 4.27. The second-order valence-electron chi connectivity index (χ2n) is 4.27. The molecule has 2 heterocycles. The van der Waals surface area contributed by atoms with E-state index in [1.165, 1.54) is 0 Å². The van der Waals surface area contributed by atoms with Gasteiger partial charge in [-0.15, -0.1) is 0 Å². The lowest BCUT2D eigenvalue weighted by Gasteiger charge is -2.14. The molecule has 5 nitrogen and oxygen atoms in total. The zero-order valence-electron chi connectivity index (χ0n) is 11.6. The van der Waals surface area contributed by atoms with Crippen molar-refractivity contribution in [2.24, 2.45) is 0 Å². The standard InChI is InChI=1S/C14H19N3O2/c1-4-10(14(18)19-6-3)12-16-11-8-7-9-15-13(11)17(12)5-2/h7-10H,4-6H2,1-3H3. The van der Waals surface area contributed by atoms with Crippen molar-refractivity contribution in [3.63, 3.8) is 0 Å². The molecule has 2 aromatic heterocycles. The first-order valence-corrected chi connectivity index (χ1v) is 6.70. The molecule has 1 unspecified atom stereocenters. The Morgan fingerprint density at radius 3 is 2.84 bits per heavy atom. The smallest absolute Gasteiger partial charge is 0.316 e. The van der Waals surface area contributed by atoms with Crippen molar-refractivity contribution in [1.82, 2.24) is 14.5 Å². The van der Waals surface area contributed by atoms with Crippen molar-refractivity contribution >= 4 is 17.1 Å². The van der Waals surface area contributed by atoms with Gasteiger partial charge in [0.25, 0.3) is 0 Å². The SMILES string of the molecule is CCOC(=O)C(CC)c1nc2cccnc2n1CC. The summed E-state index contributed by atoms with van der Waals surface area (Å²) < 4.78 is 7.12. The van der Waals surface area contributed by atoms with Gasteiger partial charge in [-0.2, -0.15) is 0 Å². The molecule has 0 spiro atoms. The predicted molar refractivity (Wildman–Crippen MR) is 72.9 cm³/mol. The van der Waals surface area contributed by atoms with Crippen molar-refractivity contribution in [3.8, 4) is 0 Å². The molecule has 5 heteroatoms. The molecule has 0 bridgehead atoms. The van der Waals surface area contributed by atoms with Crippen LogP contribution in [-0.4, -0.2) is 27.1 Å². The number of aromatic nitrogens is 3. The van der Waals surface area contributed by atoms with Crippen molar-refractivity contribution in [2.75, 3.05) is 6.61 Å². The number of carbonyl (C=O) groups excluding carboxylic acids is 1. The summed E-state index contributed by atoms with van der Waals surface area (Å²) >= 11 is 0. The van der Waals surface area contributed by atoms with Gasteiger partial charge in [-0.1, -0.05) is 6.92 Å². The van der Waals surface area contributed by atoms with Crippen LogP contribution in [0.2, 0.25) is 0 Å². The minimum Gasteiger partial charge on any atom is -0.465 e. The highest BCUT2D eigenvalue weighted by Gasteiger charge is 2.26. The largest absolute Gasteiger partial charge is 0.465 e. The molecular formula is C14H19N3O2. The summed E-state index contributed by atoms with van der Waals surface area (Å²) in [5.74, 6) is 0.209. The highest BCUT2D eigenvalue weighted by molar-refractivity contribution is 5.79. The van der Waals surface area contributed by atoms with Gasteiger partial charge in [0.2, 0.25) is 0 Å². The molecule has 2 aromatic rings. The average molecular weight is 261 g/mol. The van der Waals surface area contributed by atoms with E-state index in [0.717, 1.165) is 23.5 Å². The topological polar surface area (TPSA) is 57.0 Å². The first-order valence-electron chi connectivity index (χ1n) is 6.70. The maximum Gasteiger partial charge on any atom is 0.316 e. The van der Waals surface area contributed by atoms with Gasteiger partial charge in [0.1, 0.15) is 17.3 Å². The van der Waals surface area contributed by atoms with Crippen LogP contribution in [0.1, 0.15) is 38.9 Å². The first-order chi connectivity index (χ1) is 9.22. The summed E-state index contributed by atoms with van der Waals surface area (Å²) in [5, 5.41) is 0. The third-order valence-electron chi connectivity index (χ3n) is 3.14. The molecule has 0 fully saturated rings. The molecule has 0 N–H and O–H groups in total. The van der Waals surface area contributed by atoms with Crippen LogP contribution < -0.4 is 0 Å². The Kier molecular flexibility index (Phi) is 4.14. The number of rotatable bonds is 5. The fraction of sp³-hybridized carbons (Fsp3) is 0.500. The molecule has 0 aliphatic rings. The lowest BCUT2D eigenvalue weighted by molar-refractivity contribution is -0.145. The van der Waals surface area contributed by atoms with Crippen molar-refractivity contribution in [2.45, 2.75) is 39.7 Å². The average Bonchev–Trinajstić information content (AvgIpc) is 2.78. The van der Waals surface area contributed by atoms with E-state index in [-0.39, 0.29) is 11.9 Å². The normalized spacial score (nSPS) is 12.6. The van der Waals surface area contributed by atoms with Crippen LogP contribution >= 0.6 is 0 Å². The van der Waals surface area contributed by atoms with Gasteiger partial charge in [0, 0.05) is 12.7 Å². The monoisotopic (exact) mass is 261 g/mol. The molecule has 0 saturated carbocycles. The van der Waals surface area contributed by atoms with Gasteiger partial charge in [-0.25, -0.2) is 9.97 Å². The number of ether oxygens (including phenoxy) is 1. The van der Waals surface area contributed by atoms with Gasteiger partial charge in [0.15, 0.2) is 5.65 Å². The van der Waals surface area contributed by atoms with E-state index in [4.69, 9.17) is 4.74 Å². The molecule has 102 valence electrons. The van der Waals surface area contributed by atoms with Crippen molar-refractivity contribution in [1.29, 1.82) is 0 Å². The number of nitrogens with zero attached hydrogens (tertiary/aromatic N) is 3. The molecule has 0 radical (unpaired) electrons. The molecule has 0 aliphatic heterocycles. The minimum atomic E-state index is -0.325. The third kappa shape index (κ3) is 2.45. The van der Waals surface area contributed by atoms with Crippen molar-refractivity contribution in [3.05, 3.63) is 24.2 Å². The number of imidazole rings is 1. The maximum absolute atomic E-state index is 12.0. The van der Waals surface area contributed by atoms with Gasteiger partial charge in [0.05, 0.1) is 6.61 Å². The van der Waals surface area contributed by atoms with E-state index >= 15 is 0 Å². The summed E-state index contributed by atoms with van der Waals surface area (Å²) in [5.41, 5.74) is 1.64. The fourth-order valence-corrected chi connectivity index (χ4v) is 2.25. The number of aryl methyl sites for hydroxylation is 1. The number of pyridine rings is 1. The van der Waals surface area contributed by atoms with Crippen LogP contribution in [0, 0.1) is 0 Å². The fourth-order valence-electron chi connectivity index (χ4n) is 2.25. The van der Waals surface area contributed by atoms with E-state index in [1.807, 2.05) is 37.5 Å². The van der Waals surface area contributed by atoms with Crippen LogP contribution in [0.5, 0.6) is 0 Å². The Balaban J connectivity index is 2.50. The molecule has 0 aromatic carbocycles. The molecule has 0 aliphatic carbocycles. The molecule has 1 atom stereocenters. The quantitative estimate of drug-likeness (QED) is 0.776. The summed E-state index contributed by atoms with van der Waals surface area (Å²) in [6, 6.07) is 3.76. The van der Waals surface area contributed by atoms with Gasteiger partial charge in [-0.3, -0.25) is 4.79 Å². The summed E-state index contributed by atoms with van der Waals surface area (Å²) in [7, 11) is 0. The molecule has 0 saturated heterocycles. The highest BCUT2D eigenvalue weighted by atomic mass is 16.5. The number of hydrogen-bond acceptors (Lipinski definition) is 4. The number of carbonyl (C=O) groups is 1. The zero-order chi connectivity index (χ0) is 13.8. The lowest BCUT2D eigenvalue weighted by atomic mass is 10.1. The van der Waals surface area contributed by atoms with Gasteiger partial charge >= 0.3 is 5.97 Å². The van der Waals surface area contributed by atoms with Crippen LogP contribution in [0.3, 0.4) is 0 Å². The Bertz CT molecular complexity index is 577. The number of fused-ring (bicyclic) bond motifs is 1. The first kappa shape index (κ1) is 13.5. The summed E-state index contributed by atoms with van der Waals surface area (Å²) in [4.78, 5) is 20.9. The van der Waals surface area contributed by atoms with E-state index < -0.39 is 0 Å². The third-order valence-corrected chi connectivity index (χ3v) is 3.14. The Labute approximate surface area is 112 Å². The van der Waals surface area contributed by atoms with Gasteiger partial charge in [-0.05, 0) is 32.4 Å². The number of hydrogen-bond donors (Lipinski definition) is 0. The molecular weight excluding hydrogens is 242 g/mol. The van der Waals surface area contributed by atoms with Crippen molar-refractivity contribution < 1.29 is 9.53 Å². The predicted octanol–water partition coefficient (Wildman–Crippen LogP) is 2.51. The van der Waals surface area contributed by atoms with E-state index in [9.17, 15) is 4.79 Å². The van der Waals surface area contributed by atoms with Gasteiger partial charge < -0.3 is 9.30 Å². The Morgan fingerprint density at radius 1 is 1.42 bits per heavy atom. The summed E-state index contributed by atoms with van der Waals surface area (Å²) in [6.45, 7) is 6.93. The summed E-state index contributed by atoms with van der Waals surface area (Å²) in [6.07, 6.45) is 2.41. The van der Waals surface area contributed by atoms with E-state index in [0.29, 0.717) is 13.0 Å². The van der Waals surface area contributed by atoms with Crippen LogP contribution in [0.4, 0.5) is 0 Å². The minimum absolute atomic E-state index is 0.213. The zero-order valence-corrected chi connectivity index (χ0v) is 11.6. The molecule has 0 amide bonds. The number of esters is 1. The van der Waals surface area contributed by atoms with Crippen LogP contribution in [-0.2, 0) is 16.1 Å². The molecule has 2 rings (SSSR count). The highest BCUT2D eigenvalue weighted by Crippen LogP contribution is 2.24. The van der Waals surface area contributed by atoms with Crippen LogP contribution in [0.25, 0.3) is 11.2 Å². The van der Waals surface area contributed by atoms with Crippen LogP contribution in [0.15, 0.2) is 18.3 Å². The lowest BCUT2D eigenvalue weighted by Crippen LogP contribution is -2.19. The van der Waals surface area contributed by atoms with E-state index in [1.54, 1.807) is 6.20 Å². The van der Waals surface area contributed by atoms with E-state index in [2.05, 4.69) is 9.97 Å². The molecule has 19 heavy (non-hydrogen) atoms. The maximum atomic E-state index is 12.0. The second kappa shape index (κ2) is 5.82. The Hall–Kier alpha value is -1.91.